The predicted molar refractivity (Wildman–Crippen MR) is 290 cm³/mol. The van der Waals surface area contributed by atoms with E-state index in [4.69, 9.17) is 9.47 Å². The number of rotatable bonds is 52. The van der Waals surface area contributed by atoms with Gasteiger partial charge in [0.1, 0.15) is 24.4 Å². The number of unbranched alkanes of at least 4 members (excludes halogenated alkanes) is 40. The summed E-state index contributed by atoms with van der Waals surface area (Å²) >= 11 is 0. The Bertz CT molecular complexity index is 1130. The van der Waals surface area contributed by atoms with Crippen LogP contribution in [0.25, 0.3) is 0 Å². The second-order valence-corrected chi connectivity index (χ2v) is 21.1. The Morgan fingerprint density at radius 3 is 1.17 bits per heavy atom. The summed E-state index contributed by atoms with van der Waals surface area (Å²) < 4.78 is 11.3. The molecule has 408 valence electrons. The number of allylic oxidation sites excluding steroid dienone is 3. The molecule has 1 rings (SSSR count). The van der Waals surface area contributed by atoms with E-state index in [0.717, 1.165) is 38.5 Å². The molecule has 9 nitrogen and oxygen atoms in total. The van der Waals surface area contributed by atoms with Crippen LogP contribution in [0.2, 0.25) is 0 Å². The van der Waals surface area contributed by atoms with E-state index in [2.05, 4.69) is 31.3 Å². The summed E-state index contributed by atoms with van der Waals surface area (Å²) in [6, 6.07) is -0.802. The lowest BCUT2D eigenvalue weighted by molar-refractivity contribution is -0.302. The molecule has 0 aromatic carbocycles. The normalized spacial score (nSPS) is 19.6. The molecule has 1 aliphatic rings. The maximum atomic E-state index is 13.1. The van der Waals surface area contributed by atoms with Crippen LogP contribution in [0.1, 0.15) is 296 Å². The molecule has 1 fully saturated rings. The fourth-order valence-corrected chi connectivity index (χ4v) is 9.74. The van der Waals surface area contributed by atoms with Gasteiger partial charge in [0.25, 0.3) is 0 Å². The highest BCUT2D eigenvalue weighted by Gasteiger charge is 2.44. The van der Waals surface area contributed by atoms with Gasteiger partial charge >= 0.3 is 0 Å². The van der Waals surface area contributed by atoms with Crippen LogP contribution in [0.5, 0.6) is 0 Å². The molecule has 7 atom stereocenters. The first kappa shape index (κ1) is 65.7. The Labute approximate surface area is 426 Å². The summed E-state index contributed by atoms with van der Waals surface area (Å²) in [4.78, 5) is 13.1. The summed E-state index contributed by atoms with van der Waals surface area (Å²) in [6.45, 7) is 3.81. The average molecular weight is 979 g/mol. The van der Waals surface area contributed by atoms with Gasteiger partial charge in [0.2, 0.25) is 5.91 Å². The monoisotopic (exact) mass is 978 g/mol. The quantitative estimate of drug-likeness (QED) is 0.0261. The van der Waals surface area contributed by atoms with Gasteiger partial charge in [-0.1, -0.05) is 269 Å². The number of carbonyl (C=O) groups excluding carboxylic acids is 1. The van der Waals surface area contributed by atoms with Crippen molar-refractivity contribution < 1.29 is 39.8 Å². The summed E-state index contributed by atoms with van der Waals surface area (Å²) in [5.41, 5.74) is 0. The number of ether oxygens (including phenoxy) is 2. The van der Waals surface area contributed by atoms with Crippen LogP contribution < -0.4 is 5.32 Å². The molecule has 0 radical (unpaired) electrons. The SMILES string of the molecule is CCCCCCCCCCCCCC/C=C\CCCCCCCCCCCCCCCCC(=O)NC(COC1OC(CO)C(O)C(O)C1O)C(O)/C=C/CCCCCCCCCCCCCCCC. The number of hydrogen-bond acceptors (Lipinski definition) is 8. The fourth-order valence-electron chi connectivity index (χ4n) is 9.74. The summed E-state index contributed by atoms with van der Waals surface area (Å²) in [6.07, 6.45) is 56.8. The van der Waals surface area contributed by atoms with Gasteiger partial charge in [-0.15, -0.1) is 0 Å². The van der Waals surface area contributed by atoms with E-state index in [1.54, 1.807) is 6.08 Å². The summed E-state index contributed by atoms with van der Waals surface area (Å²) in [5, 5.41) is 54.5. The zero-order valence-corrected chi connectivity index (χ0v) is 45.3. The summed E-state index contributed by atoms with van der Waals surface area (Å²) in [7, 11) is 0. The molecule has 0 spiro atoms. The summed E-state index contributed by atoms with van der Waals surface area (Å²) in [5.74, 6) is -0.172. The van der Waals surface area contributed by atoms with Crippen LogP contribution in [0.3, 0.4) is 0 Å². The van der Waals surface area contributed by atoms with Crippen molar-refractivity contribution in [2.75, 3.05) is 13.2 Å². The third-order valence-electron chi connectivity index (χ3n) is 14.5. The second-order valence-electron chi connectivity index (χ2n) is 21.1. The molecule has 0 bridgehead atoms. The van der Waals surface area contributed by atoms with Crippen LogP contribution in [0.4, 0.5) is 0 Å². The lowest BCUT2D eigenvalue weighted by Crippen LogP contribution is -2.60. The van der Waals surface area contributed by atoms with E-state index in [-0.39, 0.29) is 12.5 Å². The van der Waals surface area contributed by atoms with E-state index in [1.165, 1.54) is 238 Å². The molecule has 1 heterocycles. The maximum absolute atomic E-state index is 13.1. The minimum atomic E-state index is -1.56. The third kappa shape index (κ3) is 39.8. The Kier molecular flexibility index (Phi) is 47.8. The Balaban J connectivity index is 2.15. The van der Waals surface area contributed by atoms with Gasteiger partial charge in [-0.2, -0.15) is 0 Å². The van der Waals surface area contributed by atoms with Gasteiger partial charge in [-0.3, -0.25) is 4.79 Å². The van der Waals surface area contributed by atoms with Crippen molar-refractivity contribution in [3.8, 4) is 0 Å². The fraction of sp³-hybridized carbons (Fsp3) is 0.917. The van der Waals surface area contributed by atoms with Gasteiger partial charge in [-0.25, -0.2) is 0 Å². The molecular formula is C60H115NO8. The predicted octanol–water partition coefficient (Wildman–Crippen LogP) is 15.0. The minimum Gasteiger partial charge on any atom is -0.394 e. The van der Waals surface area contributed by atoms with Crippen molar-refractivity contribution in [3.05, 3.63) is 24.3 Å². The van der Waals surface area contributed by atoms with Gasteiger partial charge in [-0.05, 0) is 44.9 Å². The first-order valence-electron chi connectivity index (χ1n) is 30.1. The van der Waals surface area contributed by atoms with Gasteiger partial charge in [0, 0.05) is 6.42 Å². The third-order valence-corrected chi connectivity index (χ3v) is 14.5. The largest absolute Gasteiger partial charge is 0.394 e. The molecule has 0 aromatic heterocycles. The molecule has 0 saturated carbocycles. The van der Waals surface area contributed by atoms with Crippen molar-refractivity contribution >= 4 is 5.91 Å². The molecule has 1 aliphatic heterocycles. The Morgan fingerprint density at radius 2 is 0.812 bits per heavy atom. The van der Waals surface area contributed by atoms with E-state index in [9.17, 15) is 30.3 Å². The van der Waals surface area contributed by atoms with Gasteiger partial charge in [0.15, 0.2) is 6.29 Å². The van der Waals surface area contributed by atoms with E-state index in [0.29, 0.717) is 6.42 Å². The molecular weight excluding hydrogens is 863 g/mol. The van der Waals surface area contributed by atoms with Crippen LogP contribution in [-0.2, 0) is 14.3 Å². The highest BCUT2D eigenvalue weighted by molar-refractivity contribution is 5.76. The zero-order chi connectivity index (χ0) is 50.1. The second kappa shape index (κ2) is 50.2. The van der Waals surface area contributed by atoms with Crippen molar-refractivity contribution in [1.29, 1.82) is 0 Å². The van der Waals surface area contributed by atoms with Gasteiger partial charge < -0.3 is 40.3 Å². The van der Waals surface area contributed by atoms with Crippen LogP contribution >= 0.6 is 0 Å². The van der Waals surface area contributed by atoms with E-state index in [1.807, 2.05) is 6.08 Å². The van der Waals surface area contributed by atoms with Crippen LogP contribution in [0.15, 0.2) is 24.3 Å². The standard InChI is InChI=1S/C60H115NO8/c1-3-5-7-9-11-13-15-17-19-21-22-23-24-25-26-27-28-29-30-31-32-33-34-36-38-40-42-44-46-48-50-56(64)61-53(52-68-60-59(67)58(66)57(65)55(51-62)69-60)54(63)49-47-45-43-41-39-37-35-20-18-16-14-12-10-8-6-4-2/h25-26,47,49,53-55,57-60,62-63,65-67H,3-24,27-46,48,50-52H2,1-2H3,(H,61,64)/b26-25-,49-47+. The number of amides is 1. The van der Waals surface area contributed by atoms with Crippen LogP contribution in [0, 0.1) is 0 Å². The lowest BCUT2D eigenvalue weighted by atomic mass is 9.99. The first-order valence-corrected chi connectivity index (χ1v) is 30.1. The topological polar surface area (TPSA) is 149 Å². The van der Waals surface area contributed by atoms with Crippen molar-refractivity contribution in [2.24, 2.45) is 0 Å². The van der Waals surface area contributed by atoms with Crippen molar-refractivity contribution in [3.63, 3.8) is 0 Å². The van der Waals surface area contributed by atoms with Gasteiger partial charge in [0.05, 0.1) is 25.4 Å². The molecule has 1 amide bonds. The minimum absolute atomic E-state index is 0.172. The molecule has 9 heteroatoms. The van der Waals surface area contributed by atoms with Crippen LogP contribution in [-0.4, -0.2) is 87.5 Å². The molecule has 6 N–H and O–H groups in total. The average Bonchev–Trinajstić information content (AvgIpc) is 3.35. The zero-order valence-electron chi connectivity index (χ0n) is 45.3. The highest BCUT2D eigenvalue weighted by Crippen LogP contribution is 2.23. The first-order chi connectivity index (χ1) is 33.8. The molecule has 0 aliphatic carbocycles. The van der Waals surface area contributed by atoms with E-state index < -0.39 is 49.5 Å². The highest BCUT2D eigenvalue weighted by atomic mass is 16.7. The van der Waals surface area contributed by atoms with E-state index >= 15 is 0 Å². The number of hydrogen-bond donors (Lipinski definition) is 6. The number of nitrogens with one attached hydrogen (secondary N) is 1. The maximum Gasteiger partial charge on any atom is 0.220 e. The number of aliphatic hydroxyl groups is 5. The molecule has 7 unspecified atom stereocenters. The Morgan fingerprint density at radius 1 is 0.478 bits per heavy atom. The Hall–Kier alpha value is -1.33. The number of carbonyl (C=O) groups is 1. The lowest BCUT2D eigenvalue weighted by Gasteiger charge is -2.40. The van der Waals surface area contributed by atoms with Crippen molar-refractivity contribution in [1.82, 2.24) is 5.32 Å². The van der Waals surface area contributed by atoms with Crippen molar-refractivity contribution in [2.45, 2.75) is 339 Å². The number of aliphatic hydroxyl groups excluding tert-OH is 5. The molecule has 1 saturated heterocycles. The molecule has 69 heavy (non-hydrogen) atoms. The molecule has 0 aromatic rings. The smallest absolute Gasteiger partial charge is 0.220 e.